The third-order valence-corrected chi connectivity index (χ3v) is 6.86. The molecule has 0 saturated heterocycles. The zero-order chi connectivity index (χ0) is 21.8. The van der Waals surface area contributed by atoms with E-state index in [0.29, 0.717) is 11.6 Å². The topological polar surface area (TPSA) is 38.1 Å². The van der Waals surface area contributed by atoms with Gasteiger partial charge < -0.3 is 9.47 Å². The standard InChI is InChI=1S/C25H27BrClN3O/c1-2-15-29-23-16-19(27)12-13-22(23)28-24(29)17-30(20-8-4-5-9-20)25(31)14-11-18-7-3-6-10-21(18)26/h3,6-7,10-14,16,20H,2,4-5,8-9,15,17H2,1H3/b14-11+. The highest BCUT2D eigenvalue weighted by molar-refractivity contribution is 9.10. The van der Waals surface area contributed by atoms with E-state index >= 15 is 0 Å². The van der Waals surface area contributed by atoms with Crippen molar-refractivity contribution in [3.63, 3.8) is 0 Å². The Kier molecular flexibility index (Phi) is 7.13. The smallest absolute Gasteiger partial charge is 0.247 e. The van der Waals surface area contributed by atoms with Gasteiger partial charge in [-0.15, -0.1) is 0 Å². The summed E-state index contributed by atoms with van der Waals surface area (Å²) in [7, 11) is 0. The van der Waals surface area contributed by atoms with Gasteiger partial charge in [-0.3, -0.25) is 4.79 Å². The van der Waals surface area contributed by atoms with E-state index in [2.05, 4.69) is 27.4 Å². The average molecular weight is 501 g/mol. The summed E-state index contributed by atoms with van der Waals surface area (Å²) in [6.07, 6.45) is 9.02. The number of nitrogens with zero attached hydrogens (tertiary/aromatic N) is 3. The quantitative estimate of drug-likeness (QED) is 0.333. The Balaban J connectivity index is 1.65. The van der Waals surface area contributed by atoms with Gasteiger partial charge >= 0.3 is 0 Å². The van der Waals surface area contributed by atoms with E-state index in [0.717, 1.165) is 52.7 Å². The number of carbonyl (C=O) groups excluding carboxylic acids is 1. The zero-order valence-corrected chi connectivity index (χ0v) is 20.1. The second-order valence-corrected chi connectivity index (χ2v) is 9.36. The van der Waals surface area contributed by atoms with Crippen LogP contribution >= 0.6 is 27.5 Å². The third kappa shape index (κ3) is 5.04. The number of carbonyl (C=O) groups is 1. The molecule has 0 atom stereocenters. The molecule has 1 aliphatic rings. The molecule has 1 heterocycles. The van der Waals surface area contributed by atoms with E-state index in [1.165, 1.54) is 12.8 Å². The highest BCUT2D eigenvalue weighted by atomic mass is 79.9. The molecule has 0 radical (unpaired) electrons. The van der Waals surface area contributed by atoms with E-state index in [4.69, 9.17) is 16.6 Å². The normalized spacial score (nSPS) is 14.7. The number of fused-ring (bicyclic) bond motifs is 1. The molecule has 1 aliphatic carbocycles. The van der Waals surface area contributed by atoms with Crippen LogP contribution in [0.25, 0.3) is 17.1 Å². The first-order valence-electron chi connectivity index (χ1n) is 10.9. The predicted octanol–water partition coefficient (Wildman–Crippen LogP) is 6.85. The van der Waals surface area contributed by atoms with E-state index in [1.54, 1.807) is 6.08 Å². The summed E-state index contributed by atoms with van der Waals surface area (Å²) < 4.78 is 3.20. The molecule has 0 unspecified atom stereocenters. The lowest BCUT2D eigenvalue weighted by Crippen LogP contribution is -2.38. The van der Waals surface area contributed by atoms with Crippen molar-refractivity contribution in [2.45, 2.75) is 58.2 Å². The Morgan fingerprint density at radius 2 is 2.03 bits per heavy atom. The van der Waals surface area contributed by atoms with Crippen LogP contribution in [0.5, 0.6) is 0 Å². The molecule has 4 rings (SSSR count). The Labute approximate surface area is 197 Å². The Hall–Kier alpha value is -2.11. The highest BCUT2D eigenvalue weighted by Gasteiger charge is 2.27. The summed E-state index contributed by atoms with van der Waals surface area (Å²) in [5, 5.41) is 0.705. The van der Waals surface area contributed by atoms with Crippen molar-refractivity contribution in [3.05, 3.63) is 69.4 Å². The van der Waals surface area contributed by atoms with Gasteiger partial charge in [0.05, 0.1) is 17.6 Å². The predicted molar refractivity (Wildman–Crippen MR) is 131 cm³/mol. The first-order valence-corrected chi connectivity index (χ1v) is 12.1. The minimum absolute atomic E-state index is 0.0378. The van der Waals surface area contributed by atoms with Crippen LogP contribution in [0.4, 0.5) is 0 Å². The molecule has 1 aromatic heterocycles. The van der Waals surface area contributed by atoms with Crippen molar-refractivity contribution < 1.29 is 4.79 Å². The van der Waals surface area contributed by atoms with E-state index in [9.17, 15) is 4.79 Å². The van der Waals surface area contributed by atoms with Crippen molar-refractivity contribution in [1.29, 1.82) is 0 Å². The second-order valence-electron chi connectivity index (χ2n) is 8.07. The number of halogens is 2. The molecule has 0 bridgehead atoms. The molecular weight excluding hydrogens is 474 g/mol. The van der Waals surface area contributed by atoms with Gasteiger partial charge in [-0.2, -0.15) is 0 Å². The molecule has 2 aromatic carbocycles. The van der Waals surface area contributed by atoms with Crippen molar-refractivity contribution in [2.24, 2.45) is 0 Å². The van der Waals surface area contributed by atoms with Crippen LogP contribution in [0, 0.1) is 0 Å². The fourth-order valence-electron chi connectivity index (χ4n) is 4.36. The molecule has 6 heteroatoms. The Bertz CT molecular complexity index is 1100. The van der Waals surface area contributed by atoms with Crippen LogP contribution in [0.2, 0.25) is 5.02 Å². The fourth-order valence-corrected chi connectivity index (χ4v) is 4.95. The molecule has 31 heavy (non-hydrogen) atoms. The zero-order valence-electron chi connectivity index (χ0n) is 17.7. The van der Waals surface area contributed by atoms with Gasteiger partial charge in [-0.25, -0.2) is 4.98 Å². The number of aryl methyl sites for hydroxylation is 1. The van der Waals surface area contributed by atoms with Crippen LogP contribution < -0.4 is 0 Å². The van der Waals surface area contributed by atoms with Gasteiger partial charge in [0.25, 0.3) is 0 Å². The molecule has 4 nitrogen and oxygen atoms in total. The molecular formula is C25H27BrClN3O. The fraction of sp³-hybridized carbons (Fsp3) is 0.360. The lowest BCUT2D eigenvalue weighted by molar-refractivity contribution is -0.128. The molecule has 1 amide bonds. The molecule has 0 N–H and O–H groups in total. The van der Waals surface area contributed by atoms with E-state index in [-0.39, 0.29) is 11.9 Å². The highest BCUT2D eigenvalue weighted by Crippen LogP contribution is 2.28. The first-order chi connectivity index (χ1) is 15.1. The summed E-state index contributed by atoms with van der Waals surface area (Å²) in [5.74, 6) is 0.962. The van der Waals surface area contributed by atoms with Crippen LogP contribution in [0.1, 0.15) is 50.4 Å². The molecule has 1 saturated carbocycles. The number of aromatic nitrogens is 2. The Morgan fingerprint density at radius 1 is 1.26 bits per heavy atom. The summed E-state index contributed by atoms with van der Waals surface area (Å²) >= 11 is 9.81. The van der Waals surface area contributed by atoms with Crippen molar-refractivity contribution in [2.75, 3.05) is 0 Å². The lowest BCUT2D eigenvalue weighted by Gasteiger charge is -2.28. The minimum Gasteiger partial charge on any atom is -0.329 e. The molecule has 0 spiro atoms. The maximum Gasteiger partial charge on any atom is 0.247 e. The SMILES string of the molecule is CCCn1c(CN(C(=O)/C=C/c2ccccc2Br)C2CCCC2)nc2ccc(Cl)cc21. The van der Waals surface area contributed by atoms with Crippen molar-refractivity contribution in [1.82, 2.24) is 14.5 Å². The molecule has 162 valence electrons. The number of benzene rings is 2. The molecule has 1 fully saturated rings. The van der Waals surface area contributed by atoms with Crippen molar-refractivity contribution >= 4 is 50.5 Å². The van der Waals surface area contributed by atoms with Crippen LogP contribution in [-0.2, 0) is 17.9 Å². The number of rotatable bonds is 7. The minimum atomic E-state index is 0.0378. The van der Waals surface area contributed by atoms with Gasteiger partial charge in [0.15, 0.2) is 0 Å². The summed E-state index contributed by atoms with van der Waals surface area (Å²) in [6.45, 7) is 3.52. The maximum absolute atomic E-state index is 13.3. The van der Waals surface area contributed by atoms with Gasteiger partial charge in [-0.1, -0.05) is 65.5 Å². The first kappa shape index (κ1) is 22.1. The largest absolute Gasteiger partial charge is 0.329 e. The Morgan fingerprint density at radius 3 is 2.77 bits per heavy atom. The van der Waals surface area contributed by atoms with Crippen LogP contribution in [0.3, 0.4) is 0 Å². The number of amides is 1. The van der Waals surface area contributed by atoms with Crippen LogP contribution in [-0.4, -0.2) is 26.4 Å². The van der Waals surface area contributed by atoms with E-state index in [1.807, 2.05) is 53.4 Å². The monoisotopic (exact) mass is 499 g/mol. The van der Waals surface area contributed by atoms with Crippen LogP contribution in [0.15, 0.2) is 53.0 Å². The molecule has 3 aromatic rings. The maximum atomic E-state index is 13.3. The average Bonchev–Trinajstić information content (AvgIpc) is 3.40. The van der Waals surface area contributed by atoms with Crippen molar-refractivity contribution in [3.8, 4) is 0 Å². The summed E-state index contributed by atoms with van der Waals surface area (Å²) in [6, 6.07) is 14.0. The second kappa shape index (κ2) is 10.0. The lowest BCUT2D eigenvalue weighted by atomic mass is 10.1. The third-order valence-electron chi connectivity index (χ3n) is 5.91. The molecule has 0 aliphatic heterocycles. The van der Waals surface area contributed by atoms with Gasteiger partial charge in [0.2, 0.25) is 5.91 Å². The number of imidazole rings is 1. The van der Waals surface area contributed by atoms with Gasteiger partial charge in [-0.05, 0) is 55.2 Å². The summed E-state index contributed by atoms with van der Waals surface area (Å²) in [4.78, 5) is 20.2. The number of hydrogen-bond donors (Lipinski definition) is 0. The number of hydrogen-bond acceptors (Lipinski definition) is 2. The van der Waals surface area contributed by atoms with E-state index < -0.39 is 0 Å². The van der Waals surface area contributed by atoms with Gasteiger partial charge in [0.1, 0.15) is 5.82 Å². The van der Waals surface area contributed by atoms with Gasteiger partial charge in [0, 0.05) is 28.2 Å². The summed E-state index contributed by atoms with van der Waals surface area (Å²) in [5.41, 5.74) is 2.96.